The van der Waals surface area contributed by atoms with Gasteiger partial charge in [-0.3, -0.25) is 4.79 Å². The topological polar surface area (TPSA) is 90.3 Å². The lowest BCUT2D eigenvalue weighted by atomic mass is 9.97. The van der Waals surface area contributed by atoms with Gasteiger partial charge in [-0.1, -0.05) is 24.3 Å². The average Bonchev–Trinajstić information content (AvgIpc) is 2.68. The van der Waals surface area contributed by atoms with E-state index in [-0.39, 0.29) is 29.8 Å². The number of hydrogen-bond donors (Lipinski definition) is 1. The van der Waals surface area contributed by atoms with Crippen molar-refractivity contribution in [2.45, 2.75) is 17.7 Å². The second-order valence-corrected chi connectivity index (χ2v) is 8.16. The Morgan fingerprint density at radius 2 is 1.74 bits per heavy atom. The molecular weight excluding hydrogens is 369 g/mol. The van der Waals surface area contributed by atoms with Crippen molar-refractivity contribution in [2.75, 3.05) is 18.4 Å². The lowest BCUT2D eigenvalue weighted by Crippen LogP contribution is -2.41. The maximum Gasteiger partial charge on any atom is 0.245 e. The first-order valence-electron chi connectivity index (χ1n) is 8.48. The van der Waals surface area contributed by atoms with Crippen LogP contribution in [0.25, 0.3) is 0 Å². The fourth-order valence-electron chi connectivity index (χ4n) is 3.08. The number of para-hydroxylation sites is 1. The standard InChI is InChI=1S/C19H18FN3O3S/c20-16-6-2-4-8-18(16)27(25,26)23-11-9-14(10-12-23)19(24)22-17-7-3-1-5-15(17)13-21/h1-8,14H,9-12H2,(H,22,24). The number of nitrogens with one attached hydrogen (secondary N) is 1. The van der Waals surface area contributed by atoms with Crippen LogP contribution in [0.15, 0.2) is 53.4 Å². The summed E-state index contributed by atoms with van der Waals surface area (Å²) in [6.45, 7) is 0.267. The Morgan fingerprint density at radius 1 is 1.11 bits per heavy atom. The van der Waals surface area contributed by atoms with Gasteiger partial charge in [0, 0.05) is 19.0 Å². The van der Waals surface area contributed by atoms with E-state index in [1.165, 1.54) is 22.5 Å². The summed E-state index contributed by atoms with van der Waals surface area (Å²) >= 11 is 0. The maximum absolute atomic E-state index is 13.9. The first-order valence-corrected chi connectivity index (χ1v) is 9.92. The van der Waals surface area contributed by atoms with Crippen LogP contribution in [-0.2, 0) is 14.8 Å². The van der Waals surface area contributed by atoms with Gasteiger partial charge < -0.3 is 5.32 Å². The van der Waals surface area contributed by atoms with Gasteiger partial charge in [-0.2, -0.15) is 9.57 Å². The molecule has 0 bridgehead atoms. The maximum atomic E-state index is 13.9. The zero-order valence-electron chi connectivity index (χ0n) is 14.4. The van der Waals surface area contributed by atoms with Crippen molar-refractivity contribution in [3.05, 3.63) is 59.9 Å². The second kappa shape index (κ2) is 7.86. The first-order chi connectivity index (χ1) is 12.9. The largest absolute Gasteiger partial charge is 0.325 e. The smallest absolute Gasteiger partial charge is 0.245 e. The number of halogens is 1. The number of benzene rings is 2. The molecule has 1 fully saturated rings. The number of carbonyl (C=O) groups excluding carboxylic acids is 1. The molecule has 3 rings (SSSR count). The van der Waals surface area contributed by atoms with Crippen LogP contribution in [0.4, 0.5) is 10.1 Å². The molecule has 1 amide bonds. The summed E-state index contributed by atoms with van der Waals surface area (Å²) in [7, 11) is -3.93. The molecule has 0 unspecified atom stereocenters. The number of hydrogen-bond acceptors (Lipinski definition) is 4. The molecule has 27 heavy (non-hydrogen) atoms. The van der Waals surface area contributed by atoms with Gasteiger partial charge in [-0.15, -0.1) is 0 Å². The third kappa shape index (κ3) is 3.99. The quantitative estimate of drug-likeness (QED) is 0.873. The minimum Gasteiger partial charge on any atom is -0.325 e. The molecule has 2 aromatic carbocycles. The van der Waals surface area contributed by atoms with Crippen molar-refractivity contribution in [1.82, 2.24) is 4.31 Å². The number of sulfonamides is 1. The van der Waals surface area contributed by atoms with E-state index in [4.69, 9.17) is 5.26 Å². The highest BCUT2D eigenvalue weighted by Crippen LogP contribution is 2.26. The molecule has 1 heterocycles. The minimum atomic E-state index is -3.93. The van der Waals surface area contributed by atoms with Crippen LogP contribution in [0, 0.1) is 23.1 Å². The van der Waals surface area contributed by atoms with Gasteiger partial charge in [0.25, 0.3) is 0 Å². The molecule has 8 heteroatoms. The summed E-state index contributed by atoms with van der Waals surface area (Å²) in [6.07, 6.45) is 0.655. The van der Waals surface area contributed by atoms with E-state index in [1.807, 2.05) is 6.07 Å². The van der Waals surface area contributed by atoms with Gasteiger partial charge in [-0.05, 0) is 37.1 Å². The molecule has 1 aliphatic rings. The summed E-state index contributed by atoms with van der Waals surface area (Å²) in [5, 5.41) is 11.8. The van der Waals surface area contributed by atoms with Crippen molar-refractivity contribution < 1.29 is 17.6 Å². The highest BCUT2D eigenvalue weighted by atomic mass is 32.2. The molecule has 0 aromatic heterocycles. The normalized spacial score (nSPS) is 15.9. The predicted molar refractivity (Wildman–Crippen MR) is 97.7 cm³/mol. The number of nitrogens with zero attached hydrogens (tertiary/aromatic N) is 2. The average molecular weight is 387 g/mol. The molecule has 1 N–H and O–H groups in total. The van der Waals surface area contributed by atoms with Gasteiger partial charge in [0.15, 0.2) is 0 Å². The molecule has 1 aliphatic heterocycles. The van der Waals surface area contributed by atoms with Crippen LogP contribution in [0.1, 0.15) is 18.4 Å². The number of anilines is 1. The predicted octanol–water partition coefficient (Wildman–Crippen LogP) is 2.74. The Bertz CT molecular complexity index is 993. The zero-order valence-corrected chi connectivity index (χ0v) is 15.2. The van der Waals surface area contributed by atoms with Crippen molar-refractivity contribution in [3.8, 4) is 6.07 Å². The second-order valence-electron chi connectivity index (χ2n) is 6.26. The fraction of sp³-hybridized carbons (Fsp3) is 0.263. The van der Waals surface area contributed by atoms with Gasteiger partial charge >= 0.3 is 0 Å². The summed E-state index contributed by atoms with van der Waals surface area (Å²) in [5.74, 6) is -1.41. The highest BCUT2D eigenvalue weighted by molar-refractivity contribution is 7.89. The van der Waals surface area contributed by atoms with Crippen molar-refractivity contribution in [1.29, 1.82) is 5.26 Å². The third-order valence-corrected chi connectivity index (χ3v) is 6.52. The molecule has 0 saturated carbocycles. The number of nitriles is 1. The van der Waals surface area contributed by atoms with E-state index in [0.29, 0.717) is 24.1 Å². The van der Waals surface area contributed by atoms with Crippen LogP contribution in [0.2, 0.25) is 0 Å². The fourth-order valence-corrected chi connectivity index (χ4v) is 4.61. The highest BCUT2D eigenvalue weighted by Gasteiger charge is 2.33. The third-order valence-electron chi connectivity index (χ3n) is 4.58. The summed E-state index contributed by atoms with van der Waals surface area (Å²) in [6, 6.07) is 14.0. The van der Waals surface area contributed by atoms with E-state index >= 15 is 0 Å². The van der Waals surface area contributed by atoms with Gasteiger partial charge in [0.2, 0.25) is 15.9 Å². The van der Waals surface area contributed by atoms with Crippen LogP contribution in [0.5, 0.6) is 0 Å². The summed E-state index contributed by atoms with van der Waals surface area (Å²) < 4.78 is 40.3. The molecular formula is C19H18FN3O3S. The van der Waals surface area contributed by atoms with Gasteiger partial charge in [0.05, 0.1) is 11.3 Å². The van der Waals surface area contributed by atoms with Crippen molar-refractivity contribution >= 4 is 21.6 Å². The summed E-state index contributed by atoms with van der Waals surface area (Å²) in [4.78, 5) is 12.1. The number of carbonyl (C=O) groups is 1. The molecule has 0 spiro atoms. The minimum absolute atomic E-state index is 0.134. The molecule has 1 saturated heterocycles. The van der Waals surface area contributed by atoms with Crippen LogP contribution in [-0.4, -0.2) is 31.7 Å². The van der Waals surface area contributed by atoms with Crippen LogP contribution < -0.4 is 5.32 Å². The molecule has 2 aromatic rings. The molecule has 0 aliphatic carbocycles. The van der Waals surface area contributed by atoms with E-state index in [1.54, 1.807) is 24.3 Å². The zero-order chi connectivity index (χ0) is 19.4. The van der Waals surface area contributed by atoms with E-state index in [9.17, 15) is 17.6 Å². The van der Waals surface area contributed by atoms with E-state index < -0.39 is 15.8 Å². The Kier molecular flexibility index (Phi) is 5.54. The Labute approximate surface area is 157 Å². The lowest BCUT2D eigenvalue weighted by molar-refractivity contribution is -0.120. The SMILES string of the molecule is N#Cc1ccccc1NC(=O)C1CCN(S(=O)(=O)c2ccccc2F)CC1. The van der Waals surface area contributed by atoms with E-state index in [0.717, 1.165) is 6.07 Å². The number of amides is 1. The molecule has 140 valence electrons. The Hall–Kier alpha value is -2.76. The molecule has 0 radical (unpaired) electrons. The van der Waals surface area contributed by atoms with Gasteiger partial charge in [-0.25, -0.2) is 12.8 Å². The Balaban J connectivity index is 1.66. The first kappa shape index (κ1) is 19.0. The van der Waals surface area contributed by atoms with Crippen LogP contribution >= 0.6 is 0 Å². The van der Waals surface area contributed by atoms with Crippen LogP contribution in [0.3, 0.4) is 0 Å². The number of piperidine rings is 1. The van der Waals surface area contributed by atoms with Crippen molar-refractivity contribution in [2.24, 2.45) is 5.92 Å². The Morgan fingerprint density at radius 3 is 2.41 bits per heavy atom. The van der Waals surface area contributed by atoms with Gasteiger partial charge in [0.1, 0.15) is 16.8 Å². The number of rotatable bonds is 4. The van der Waals surface area contributed by atoms with Crippen molar-refractivity contribution in [3.63, 3.8) is 0 Å². The monoisotopic (exact) mass is 387 g/mol. The lowest BCUT2D eigenvalue weighted by Gasteiger charge is -2.30. The molecule has 6 nitrogen and oxygen atoms in total. The molecule has 0 atom stereocenters. The van der Waals surface area contributed by atoms with E-state index in [2.05, 4.69) is 5.32 Å². The summed E-state index contributed by atoms with van der Waals surface area (Å²) in [5.41, 5.74) is 0.803.